The van der Waals surface area contributed by atoms with Crippen molar-refractivity contribution >= 4 is 16.5 Å². The molecular weight excluding hydrogens is 134 g/mol. The van der Waals surface area contributed by atoms with E-state index in [-0.39, 0.29) is 8.27 Å². The van der Waals surface area contributed by atoms with Gasteiger partial charge in [0, 0.05) is 0 Å². The van der Waals surface area contributed by atoms with E-state index >= 15 is 0 Å². The molecule has 0 aliphatic carbocycles. The van der Waals surface area contributed by atoms with Crippen LogP contribution in [0, 0.1) is 0 Å². The average Bonchev–Trinajstić information content (AvgIpc) is 1.81. The van der Waals surface area contributed by atoms with Gasteiger partial charge in [-0.05, 0) is 0 Å². The summed E-state index contributed by atoms with van der Waals surface area (Å²) in [6.07, 6.45) is 4.29. The van der Waals surface area contributed by atoms with Crippen LogP contribution in [0.25, 0.3) is 0 Å². The molecule has 0 aliphatic rings. The third kappa shape index (κ3) is 6.34. The van der Waals surface area contributed by atoms with Crippen molar-refractivity contribution in [2.24, 2.45) is 0 Å². The standard InChI is InChI=1S/C6H14P2/c1-3-5-7-8-6-4-2/h3-7H,1-2,8H3/b5-3-,6-4-. The predicted octanol–water partition coefficient (Wildman–Crippen LogP) is 2.79. The first-order valence-corrected chi connectivity index (χ1v) is 7.09. The molecule has 0 nitrogen and oxygen atoms in total. The molecule has 0 rings (SSSR count). The summed E-state index contributed by atoms with van der Waals surface area (Å²) in [6.45, 7) is 4.17. The monoisotopic (exact) mass is 148 g/mol. The molecule has 0 aliphatic heterocycles. The summed E-state index contributed by atoms with van der Waals surface area (Å²) in [5.41, 5.74) is 0. The normalized spacial score (nSPS) is 13.8. The zero-order valence-electron chi connectivity index (χ0n) is 5.52. The molecule has 48 valence electrons. The second-order valence-corrected chi connectivity index (χ2v) is 5.55. The van der Waals surface area contributed by atoms with E-state index in [0.29, 0.717) is 0 Å². The Hall–Kier alpha value is 0.340. The maximum atomic E-state index is 2.33. The minimum absolute atomic E-state index is 0.161. The van der Waals surface area contributed by atoms with Crippen LogP contribution in [0.1, 0.15) is 13.8 Å². The molecule has 0 aromatic carbocycles. The van der Waals surface area contributed by atoms with Crippen molar-refractivity contribution in [2.75, 3.05) is 0 Å². The van der Waals surface area contributed by atoms with Crippen molar-refractivity contribution in [1.82, 2.24) is 0 Å². The van der Waals surface area contributed by atoms with Crippen LogP contribution in [0.4, 0.5) is 0 Å². The van der Waals surface area contributed by atoms with E-state index in [2.05, 4.69) is 37.6 Å². The summed E-state index contributed by atoms with van der Waals surface area (Å²) in [5.74, 6) is 4.60. The Labute approximate surface area is 54.9 Å². The average molecular weight is 148 g/mol. The van der Waals surface area contributed by atoms with Gasteiger partial charge < -0.3 is 0 Å². The molecule has 0 amide bonds. The summed E-state index contributed by atoms with van der Waals surface area (Å²) in [6, 6.07) is 0. The molecule has 0 spiro atoms. The Morgan fingerprint density at radius 1 is 1.25 bits per heavy atom. The summed E-state index contributed by atoms with van der Waals surface area (Å²) in [4.78, 5) is 0. The van der Waals surface area contributed by atoms with Crippen LogP contribution in [0.3, 0.4) is 0 Å². The van der Waals surface area contributed by atoms with Crippen LogP contribution in [-0.4, -0.2) is 0 Å². The summed E-state index contributed by atoms with van der Waals surface area (Å²) in [5, 5.41) is 0. The van der Waals surface area contributed by atoms with Crippen LogP contribution in [0.5, 0.6) is 0 Å². The van der Waals surface area contributed by atoms with Crippen molar-refractivity contribution in [3.05, 3.63) is 23.8 Å². The Bertz CT molecular complexity index is 72.5. The molecule has 0 heterocycles. The third-order valence-corrected chi connectivity index (χ3v) is 4.39. The van der Waals surface area contributed by atoms with E-state index in [4.69, 9.17) is 0 Å². The van der Waals surface area contributed by atoms with Crippen molar-refractivity contribution in [1.29, 1.82) is 0 Å². The molecule has 0 fully saturated rings. The number of hydrogen-bond acceptors (Lipinski definition) is 0. The van der Waals surface area contributed by atoms with Gasteiger partial charge in [-0.15, -0.1) is 0 Å². The fraction of sp³-hybridized carbons (Fsp3) is 0.333. The fourth-order valence-corrected chi connectivity index (χ4v) is 3.35. The van der Waals surface area contributed by atoms with Crippen molar-refractivity contribution in [3.63, 3.8) is 0 Å². The molecule has 0 N–H and O–H groups in total. The van der Waals surface area contributed by atoms with Gasteiger partial charge in [0.2, 0.25) is 0 Å². The molecule has 8 heavy (non-hydrogen) atoms. The Kier molecular flexibility index (Phi) is 7.65. The van der Waals surface area contributed by atoms with E-state index in [9.17, 15) is 0 Å². The maximum absolute atomic E-state index is 2.33. The van der Waals surface area contributed by atoms with Crippen molar-refractivity contribution in [3.8, 4) is 0 Å². The van der Waals surface area contributed by atoms with Crippen molar-refractivity contribution in [2.45, 2.75) is 13.8 Å². The van der Waals surface area contributed by atoms with Crippen LogP contribution >= 0.6 is 16.5 Å². The second kappa shape index (κ2) is 7.34. The van der Waals surface area contributed by atoms with Gasteiger partial charge in [0.15, 0.2) is 0 Å². The first-order valence-electron chi connectivity index (χ1n) is 2.87. The van der Waals surface area contributed by atoms with Gasteiger partial charge in [-0.2, -0.15) is 0 Å². The second-order valence-electron chi connectivity index (χ2n) is 1.48. The van der Waals surface area contributed by atoms with Crippen molar-refractivity contribution < 1.29 is 0 Å². The minimum atomic E-state index is 0.161. The molecule has 0 saturated carbocycles. The summed E-state index contributed by atoms with van der Waals surface area (Å²) >= 11 is 0. The van der Waals surface area contributed by atoms with E-state index in [1.807, 2.05) is 0 Å². The van der Waals surface area contributed by atoms with E-state index in [1.54, 1.807) is 0 Å². The van der Waals surface area contributed by atoms with Gasteiger partial charge in [0.05, 0.1) is 0 Å². The zero-order valence-corrected chi connectivity index (χ0v) is 7.93. The first kappa shape index (κ1) is 8.34. The number of allylic oxidation sites excluding steroid dienone is 2. The summed E-state index contributed by atoms with van der Waals surface area (Å²) < 4.78 is 0. The SMILES string of the molecule is C/C=C\P[PH3]/C=C\C. The van der Waals surface area contributed by atoms with Gasteiger partial charge >= 0.3 is 54.2 Å². The quantitative estimate of drug-likeness (QED) is 0.426. The molecular formula is C6H14P2. The first-order chi connectivity index (χ1) is 3.91. The zero-order chi connectivity index (χ0) is 6.24. The predicted molar refractivity (Wildman–Crippen MR) is 49.0 cm³/mol. The van der Waals surface area contributed by atoms with E-state index in [0.717, 1.165) is 8.27 Å². The fourth-order valence-electron chi connectivity index (χ4n) is 0.372. The van der Waals surface area contributed by atoms with Gasteiger partial charge in [0.1, 0.15) is 0 Å². The van der Waals surface area contributed by atoms with E-state index in [1.165, 1.54) is 0 Å². The van der Waals surface area contributed by atoms with Gasteiger partial charge in [-0.25, -0.2) is 0 Å². The molecule has 0 bridgehead atoms. The number of hydrogen-bond donors (Lipinski definition) is 0. The molecule has 2 heteroatoms. The Balaban J connectivity index is 2.93. The molecule has 0 aromatic heterocycles. The van der Waals surface area contributed by atoms with Gasteiger partial charge in [-0.1, -0.05) is 0 Å². The Morgan fingerprint density at radius 2 is 2.00 bits per heavy atom. The molecule has 1 atom stereocenters. The Morgan fingerprint density at radius 3 is 2.50 bits per heavy atom. The molecule has 0 aromatic rings. The molecule has 1 unspecified atom stereocenters. The third-order valence-electron chi connectivity index (χ3n) is 0.756. The van der Waals surface area contributed by atoms with Gasteiger partial charge in [-0.3, -0.25) is 0 Å². The van der Waals surface area contributed by atoms with Gasteiger partial charge in [0.25, 0.3) is 0 Å². The summed E-state index contributed by atoms with van der Waals surface area (Å²) in [7, 11) is 1.27. The molecule has 0 radical (unpaired) electrons. The molecule has 0 saturated heterocycles. The topological polar surface area (TPSA) is 0 Å². The number of rotatable bonds is 3. The van der Waals surface area contributed by atoms with E-state index < -0.39 is 0 Å². The van der Waals surface area contributed by atoms with Crippen LogP contribution in [-0.2, 0) is 0 Å². The van der Waals surface area contributed by atoms with Crippen LogP contribution in [0.2, 0.25) is 0 Å². The van der Waals surface area contributed by atoms with Crippen LogP contribution < -0.4 is 0 Å². The van der Waals surface area contributed by atoms with Crippen LogP contribution in [0.15, 0.2) is 23.8 Å².